The molecule has 0 spiro atoms. The van der Waals surface area contributed by atoms with Crippen molar-refractivity contribution in [3.05, 3.63) is 40.4 Å². The summed E-state index contributed by atoms with van der Waals surface area (Å²) in [5, 5.41) is 3.05. The largest absolute Gasteiger partial charge is 0.316 e. The molecule has 0 aliphatic carbocycles. The molecule has 0 saturated carbocycles. The molecule has 4 nitrogen and oxygen atoms in total. The van der Waals surface area contributed by atoms with Crippen LogP contribution in [0.3, 0.4) is 0 Å². The normalized spacial score (nSPS) is 11.9. The molecule has 1 aromatic carbocycles. The molecule has 1 N–H and O–H groups in total. The number of sulfonamides is 1. The van der Waals surface area contributed by atoms with E-state index in [2.05, 4.69) is 27.8 Å². The van der Waals surface area contributed by atoms with Crippen LogP contribution in [0.4, 0.5) is 0 Å². The Kier molecular flexibility index (Phi) is 7.06. The zero-order valence-electron chi connectivity index (χ0n) is 12.8. The van der Waals surface area contributed by atoms with Gasteiger partial charge in [-0.1, -0.05) is 12.1 Å². The van der Waals surface area contributed by atoms with E-state index in [0.29, 0.717) is 22.5 Å². The van der Waals surface area contributed by atoms with Gasteiger partial charge in [0.15, 0.2) is 0 Å². The molecule has 0 aromatic heterocycles. The third-order valence-electron chi connectivity index (χ3n) is 3.23. The first kappa shape index (κ1) is 18.4. The fraction of sp³-hybridized carbons (Fsp3) is 0.467. The lowest BCUT2D eigenvalue weighted by Gasteiger charge is -2.19. The number of benzene rings is 1. The van der Waals surface area contributed by atoms with Crippen molar-refractivity contribution in [2.75, 3.05) is 20.6 Å². The van der Waals surface area contributed by atoms with Crippen molar-refractivity contribution >= 4 is 26.0 Å². The van der Waals surface area contributed by atoms with E-state index in [1.54, 1.807) is 19.2 Å². The standard InChI is InChI=1S/C15H23BrN2O2S/c1-5-6-7-8-18(4)21(19,20)14-10-13(11-17-3)9-12(2)15(14)16/h5,9-10,17H,1,6-8,11H2,2-4H3. The van der Waals surface area contributed by atoms with Crippen LogP contribution in [-0.4, -0.2) is 33.4 Å². The maximum atomic E-state index is 12.7. The van der Waals surface area contributed by atoms with Gasteiger partial charge >= 0.3 is 0 Å². The van der Waals surface area contributed by atoms with Gasteiger partial charge in [0.1, 0.15) is 0 Å². The van der Waals surface area contributed by atoms with Crippen LogP contribution in [0.15, 0.2) is 34.2 Å². The Bertz CT molecular complexity index is 600. The fourth-order valence-corrected chi connectivity index (χ4v) is 4.29. The lowest BCUT2D eigenvalue weighted by molar-refractivity contribution is 0.462. The van der Waals surface area contributed by atoms with Crippen LogP contribution in [0.1, 0.15) is 24.0 Å². The first-order valence-corrected chi connectivity index (χ1v) is 9.08. The van der Waals surface area contributed by atoms with E-state index < -0.39 is 10.0 Å². The van der Waals surface area contributed by atoms with E-state index in [1.165, 1.54) is 4.31 Å². The van der Waals surface area contributed by atoms with Crippen molar-refractivity contribution in [2.45, 2.75) is 31.2 Å². The SMILES string of the molecule is C=CCCCN(C)S(=O)(=O)c1cc(CNC)cc(C)c1Br. The molecule has 21 heavy (non-hydrogen) atoms. The average molecular weight is 375 g/mol. The molecule has 6 heteroatoms. The van der Waals surface area contributed by atoms with Gasteiger partial charge in [-0.2, -0.15) is 0 Å². The minimum atomic E-state index is -3.49. The molecule has 1 rings (SSSR count). The molecule has 0 saturated heterocycles. The lowest BCUT2D eigenvalue weighted by atomic mass is 10.1. The Morgan fingerprint density at radius 2 is 2.10 bits per heavy atom. The summed E-state index contributed by atoms with van der Waals surface area (Å²) in [6, 6.07) is 3.71. The Balaban J connectivity index is 3.14. The maximum absolute atomic E-state index is 12.7. The zero-order chi connectivity index (χ0) is 16.0. The number of allylic oxidation sites excluding steroid dienone is 1. The van der Waals surface area contributed by atoms with Gasteiger partial charge < -0.3 is 5.32 Å². The number of nitrogens with one attached hydrogen (secondary N) is 1. The molecule has 0 heterocycles. The van der Waals surface area contributed by atoms with Gasteiger partial charge in [0, 0.05) is 24.6 Å². The van der Waals surface area contributed by atoms with Gasteiger partial charge in [-0.3, -0.25) is 0 Å². The van der Waals surface area contributed by atoms with Crippen LogP contribution in [-0.2, 0) is 16.6 Å². The van der Waals surface area contributed by atoms with Crippen molar-refractivity contribution < 1.29 is 8.42 Å². The van der Waals surface area contributed by atoms with Crippen LogP contribution in [0, 0.1) is 6.92 Å². The van der Waals surface area contributed by atoms with Crippen molar-refractivity contribution in [3.8, 4) is 0 Å². The molecule has 0 aliphatic rings. The van der Waals surface area contributed by atoms with Gasteiger partial charge in [-0.15, -0.1) is 6.58 Å². The molecule has 0 fully saturated rings. The summed E-state index contributed by atoms with van der Waals surface area (Å²) in [5.74, 6) is 0. The van der Waals surface area contributed by atoms with E-state index in [9.17, 15) is 8.42 Å². The predicted octanol–water partition coefficient (Wildman–Crippen LogP) is 3.06. The first-order valence-electron chi connectivity index (χ1n) is 6.85. The molecule has 1 aromatic rings. The van der Waals surface area contributed by atoms with Crippen LogP contribution < -0.4 is 5.32 Å². The average Bonchev–Trinajstić information content (AvgIpc) is 2.42. The highest BCUT2D eigenvalue weighted by Crippen LogP contribution is 2.29. The molecular formula is C15H23BrN2O2S. The fourth-order valence-electron chi connectivity index (χ4n) is 2.05. The summed E-state index contributed by atoms with van der Waals surface area (Å²) in [6.45, 7) is 6.67. The second kappa shape index (κ2) is 8.08. The van der Waals surface area contributed by atoms with Crippen LogP contribution in [0.25, 0.3) is 0 Å². The monoisotopic (exact) mass is 374 g/mol. The summed E-state index contributed by atoms with van der Waals surface area (Å²) in [5.41, 5.74) is 1.87. The Hall–Kier alpha value is -0.690. The highest BCUT2D eigenvalue weighted by atomic mass is 79.9. The number of aryl methyl sites for hydroxylation is 1. The molecule has 118 valence electrons. The lowest BCUT2D eigenvalue weighted by Crippen LogP contribution is -2.28. The van der Waals surface area contributed by atoms with Crippen LogP contribution in [0.2, 0.25) is 0 Å². The summed E-state index contributed by atoms with van der Waals surface area (Å²) in [6.07, 6.45) is 3.37. The number of nitrogens with zero attached hydrogens (tertiary/aromatic N) is 1. The van der Waals surface area contributed by atoms with Gasteiger partial charge in [0.25, 0.3) is 0 Å². The number of rotatable bonds is 8. The van der Waals surface area contributed by atoms with E-state index in [4.69, 9.17) is 0 Å². The third kappa shape index (κ3) is 4.64. The van der Waals surface area contributed by atoms with Crippen molar-refractivity contribution in [1.29, 1.82) is 0 Å². The summed E-state index contributed by atoms with van der Waals surface area (Å²) < 4.78 is 27.5. The van der Waals surface area contributed by atoms with Crippen molar-refractivity contribution in [1.82, 2.24) is 9.62 Å². The minimum Gasteiger partial charge on any atom is -0.316 e. The predicted molar refractivity (Wildman–Crippen MR) is 90.9 cm³/mol. The second-order valence-corrected chi connectivity index (χ2v) is 7.82. The number of halogens is 1. The van der Waals surface area contributed by atoms with Gasteiger partial charge in [0.05, 0.1) is 4.90 Å². The third-order valence-corrected chi connectivity index (χ3v) is 6.43. The second-order valence-electron chi connectivity index (χ2n) is 5.01. The summed E-state index contributed by atoms with van der Waals surface area (Å²) in [7, 11) is -0.0328. The number of hydrogen-bond donors (Lipinski definition) is 1. The highest BCUT2D eigenvalue weighted by Gasteiger charge is 2.24. The Labute approximate surface area is 136 Å². The van der Waals surface area contributed by atoms with Crippen LogP contribution >= 0.6 is 15.9 Å². The number of unbranched alkanes of at least 4 members (excludes halogenated alkanes) is 1. The summed E-state index contributed by atoms with van der Waals surface area (Å²) >= 11 is 3.41. The van der Waals surface area contributed by atoms with E-state index in [-0.39, 0.29) is 0 Å². The molecular weight excluding hydrogens is 352 g/mol. The highest BCUT2D eigenvalue weighted by molar-refractivity contribution is 9.10. The Morgan fingerprint density at radius 1 is 1.43 bits per heavy atom. The molecule has 0 atom stereocenters. The van der Waals surface area contributed by atoms with Crippen LogP contribution in [0.5, 0.6) is 0 Å². The molecule has 0 amide bonds. The van der Waals surface area contributed by atoms with Crippen molar-refractivity contribution in [3.63, 3.8) is 0 Å². The molecule has 0 bridgehead atoms. The summed E-state index contributed by atoms with van der Waals surface area (Å²) in [4.78, 5) is 0.328. The van der Waals surface area contributed by atoms with Gasteiger partial charge in [-0.25, -0.2) is 12.7 Å². The van der Waals surface area contributed by atoms with E-state index in [0.717, 1.165) is 24.0 Å². The van der Waals surface area contributed by atoms with Crippen molar-refractivity contribution in [2.24, 2.45) is 0 Å². The molecule has 0 radical (unpaired) electrons. The molecule has 0 unspecified atom stereocenters. The zero-order valence-corrected chi connectivity index (χ0v) is 15.2. The Morgan fingerprint density at radius 3 is 2.67 bits per heavy atom. The van der Waals surface area contributed by atoms with E-state index in [1.807, 2.05) is 20.0 Å². The minimum absolute atomic E-state index is 0.328. The van der Waals surface area contributed by atoms with Gasteiger partial charge in [-0.05, 0) is 59.9 Å². The first-order chi connectivity index (χ1) is 9.84. The van der Waals surface area contributed by atoms with Gasteiger partial charge in [0.2, 0.25) is 10.0 Å². The quantitative estimate of drug-likeness (QED) is 0.561. The molecule has 0 aliphatic heterocycles. The maximum Gasteiger partial charge on any atom is 0.243 e. The topological polar surface area (TPSA) is 49.4 Å². The number of hydrogen-bond acceptors (Lipinski definition) is 3. The van der Waals surface area contributed by atoms with E-state index >= 15 is 0 Å². The smallest absolute Gasteiger partial charge is 0.243 e.